The molecule has 1 heterocycles. The van der Waals surface area contributed by atoms with Gasteiger partial charge in [0.1, 0.15) is 5.75 Å². The van der Waals surface area contributed by atoms with Gasteiger partial charge in [0.2, 0.25) is 5.91 Å². The Morgan fingerprint density at radius 3 is 2.75 bits per heavy atom. The quantitative estimate of drug-likeness (QED) is 0.630. The number of hydrogen-bond acceptors (Lipinski definition) is 2. The maximum Gasteiger partial charge on any atom is 0.228 e. The van der Waals surface area contributed by atoms with E-state index in [1.165, 1.54) is 0 Å². The maximum atomic E-state index is 11.0. The number of carbonyl (C=O) groups excluding carboxylic acids is 1. The minimum Gasteiger partial charge on any atom is -0.508 e. The molecule has 0 radical (unpaired) electrons. The first kappa shape index (κ1) is 7.16. The lowest BCUT2D eigenvalue weighted by Gasteiger charge is -2.30. The molecule has 0 bridgehead atoms. The molecule has 1 N–H and O–H groups in total. The molecule has 3 nitrogen and oxygen atoms in total. The van der Waals surface area contributed by atoms with E-state index in [-0.39, 0.29) is 11.7 Å². The Bertz CT molecular complexity index is 322. The molecule has 1 aromatic carbocycles. The van der Waals surface area contributed by atoms with Crippen LogP contribution in [0.5, 0.6) is 5.75 Å². The molecular weight excluding hydrogens is 154 g/mol. The highest BCUT2D eigenvalue weighted by Crippen LogP contribution is 2.24. The van der Waals surface area contributed by atoms with Crippen LogP contribution in [-0.4, -0.2) is 17.6 Å². The minimum atomic E-state index is 0.126. The molecule has 0 aromatic heterocycles. The van der Waals surface area contributed by atoms with Crippen molar-refractivity contribution >= 4 is 11.6 Å². The zero-order chi connectivity index (χ0) is 8.55. The second-order valence-corrected chi connectivity index (χ2v) is 2.82. The molecule has 1 amide bonds. The molecule has 2 rings (SSSR count). The second kappa shape index (κ2) is 2.52. The van der Waals surface area contributed by atoms with Gasteiger partial charge in [-0.05, 0) is 12.1 Å². The highest BCUT2D eigenvalue weighted by atomic mass is 16.3. The Kier molecular flexibility index (Phi) is 1.50. The first-order chi connectivity index (χ1) is 5.77. The van der Waals surface area contributed by atoms with Crippen molar-refractivity contribution in [3.63, 3.8) is 0 Å². The van der Waals surface area contributed by atoms with Crippen LogP contribution in [-0.2, 0) is 4.79 Å². The van der Waals surface area contributed by atoms with E-state index in [0.29, 0.717) is 6.42 Å². The largest absolute Gasteiger partial charge is 0.508 e. The molecule has 0 spiro atoms. The van der Waals surface area contributed by atoms with E-state index in [0.717, 1.165) is 12.2 Å². The highest BCUT2D eigenvalue weighted by Gasteiger charge is 2.24. The van der Waals surface area contributed by atoms with Crippen molar-refractivity contribution in [2.45, 2.75) is 6.42 Å². The molecule has 12 heavy (non-hydrogen) atoms. The second-order valence-electron chi connectivity index (χ2n) is 2.82. The topological polar surface area (TPSA) is 40.5 Å². The summed E-state index contributed by atoms with van der Waals surface area (Å²) in [6, 6.07) is 6.73. The lowest BCUT2D eigenvalue weighted by molar-refractivity contribution is -0.122. The van der Waals surface area contributed by atoms with Gasteiger partial charge in [-0.25, -0.2) is 0 Å². The van der Waals surface area contributed by atoms with Crippen LogP contribution in [0.3, 0.4) is 0 Å². The van der Waals surface area contributed by atoms with Crippen LogP contribution >= 0.6 is 0 Å². The average molecular weight is 163 g/mol. The minimum absolute atomic E-state index is 0.126. The number of aromatic hydroxyl groups is 1. The monoisotopic (exact) mass is 163 g/mol. The zero-order valence-electron chi connectivity index (χ0n) is 6.53. The number of amides is 1. The van der Waals surface area contributed by atoms with Crippen molar-refractivity contribution in [2.24, 2.45) is 0 Å². The average Bonchev–Trinajstić information content (AvgIpc) is 2.02. The third kappa shape index (κ3) is 1.03. The normalized spacial score (nSPS) is 16.0. The molecule has 0 unspecified atom stereocenters. The number of anilines is 1. The van der Waals surface area contributed by atoms with E-state index in [2.05, 4.69) is 0 Å². The summed E-state index contributed by atoms with van der Waals surface area (Å²) in [6.07, 6.45) is 0.621. The summed E-state index contributed by atoms with van der Waals surface area (Å²) in [5, 5.41) is 9.13. The third-order valence-corrected chi connectivity index (χ3v) is 1.99. The number of phenols is 1. The number of rotatable bonds is 1. The van der Waals surface area contributed by atoms with Crippen molar-refractivity contribution in [3.05, 3.63) is 24.3 Å². The van der Waals surface area contributed by atoms with Crippen LogP contribution in [0.25, 0.3) is 0 Å². The van der Waals surface area contributed by atoms with Crippen LogP contribution in [0.2, 0.25) is 0 Å². The van der Waals surface area contributed by atoms with E-state index in [1.54, 1.807) is 23.1 Å². The van der Waals surface area contributed by atoms with Crippen molar-refractivity contribution in [1.82, 2.24) is 0 Å². The fraction of sp³-hybridized carbons (Fsp3) is 0.222. The smallest absolute Gasteiger partial charge is 0.228 e. The van der Waals surface area contributed by atoms with Crippen LogP contribution in [0, 0.1) is 0 Å². The fourth-order valence-corrected chi connectivity index (χ4v) is 1.25. The van der Waals surface area contributed by atoms with Crippen LogP contribution in [0.1, 0.15) is 6.42 Å². The Balaban J connectivity index is 2.28. The van der Waals surface area contributed by atoms with E-state index < -0.39 is 0 Å². The van der Waals surface area contributed by atoms with E-state index >= 15 is 0 Å². The Hall–Kier alpha value is -1.51. The number of carbonyl (C=O) groups is 1. The van der Waals surface area contributed by atoms with Gasteiger partial charge in [-0.2, -0.15) is 0 Å². The van der Waals surface area contributed by atoms with Gasteiger partial charge >= 0.3 is 0 Å². The van der Waals surface area contributed by atoms with Gasteiger partial charge in [-0.1, -0.05) is 6.07 Å². The molecule has 1 fully saturated rings. The number of benzene rings is 1. The van der Waals surface area contributed by atoms with Crippen LogP contribution in [0.15, 0.2) is 24.3 Å². The molecule has 62 valence electrons. The lowest BCUT2D eigenvalue weighted by atomic mass is 10.1. The Labute approximate surface area is 70.2 Å². The predicted molar refractivity (Wildman–Crippen MR) is 45.1 cm³/mol. The summed E-state index contributed by atoms with van der Waals surface area (Å²) < 4.78 is 0. The number of phenolic OH excluding ortho intramolecular Hbond substituents is 1. The number of β-lactam (4-membered cyclic amide) rings is 1. The highest BCUT2D eigenvalue weighted by molar-refractivity contribution is 5.99. The van der Waals surface area contributed by atoms with Crippen LogP contribution < -0.4 is 4.90 Å². The molecule has 0 atom stereocenters. The van der Waals surface area contributed by atoms with Gasteiger partial charge < -0.3 is 10.0 Å². The summed E-state index contributed by atoms with van der Waals surface area (Å²) in [5.74, 6) is 0.327. The Morgan fingerprint density at radius 1 is 1.42 bits per heavy atom. The summed E-state index contributed by atoms with van der Waals surface area (Å²) in [5.41, 5.74) is 0.784. The SMILES string of the molecule is O=C1CCN1c1cccc(O)c1. The number of nitrogens with zero attached hydrogens (tertiary/aromatic N) is 1. The van der Waals surface area contributed by atoms with Gasteiger partial charge in [-0.3, -0.25) is 4.79 Å². The van der Waals surface area contributed by atoms with Gasteiger partial charge in [0.25, 0.3) is 0 Å². The Morgan fingerprint density at radius 2 is 2.25 bits per heavy atom. The molecule has 0 aliphatic carbocycles. The number of hydrogen-bond donors (Lipinski definition) is 1. The van der Waals surface area contributed by atoms with E-state index in [9.17, 15) is 4.79 Å². The molecule has 1 saturated heterocycles. The predicted octanol–water partition coefficient (Wildman–Crippen LogP) is 1.13. The maximum absolute atomic E-state index is 11.0. The van der Waals surface area contributed by atoms with Gasteiger partial charge in [0.05, 0.1) is 0 Å². The molecule has 0 saturated carbocycles. The molecule has 1 aromatic rings. The van der Waals surface area contributed by atoms with Crippen molar-refractivity contribution in [2.75, 3.05) is 11.4 Å². The summed E-state index contributed by atoms with van der Waals surface area (Å²) in [7, 11) is 0. The molecular formula is C9H9NO2. The zero-order valence-corrected chi connectivity index (χ0v) is 6.53. The lowest BCUT2D eigenvalue weighted by Crippen LogP contribution is -2.43. The fourth-order valence-electron chi connectivity index (χ4n) is 1.25. The van der Waals surface area contributed by atoms with E-state index in [4.69, 9.17) is 5.11 Å². The first-order valence-electron chi connectivity index (χ1n) is 3.87. The third-order valence-electron chi connectivity index (χ3n) is 1.99. The van der Waals surface area contributed by atoms with Crippen molar-refractivity contribution < 1.29 is 9.90 Å². The van der Waals surface area contributed by atoms with Gasteiger partial charge in [0, 0.05) is 24.7 Å². The molecule has 1 aliphatic heterocycles. The summed E-state index contributed by atoms with van der Waals surface area (Å²) in [4.78, 5) is 12.6. The summed E-state index contributed by atoms with van der Waals surface area (Å²) in [6.45, 7) is 0.766. The van der Waals surface area contributed by atoms with E-state index in [1.807, 2.05) is 6.07 Å². The van der Waals surface area contributed by atoms with Gasteiger partial charge in [-0.15, -0.1) is 0 Å². The van der Waals surface area contributed by atoms with Crippen molar-refractivity contribution in [3.8, 4) is 5.75 Å². The van der Waals surface area contributed by atoms with Crippen LogP contribution in [0.4, 0.5) is 5.69 Å². The van der Waals surface area contributed by atoms with Gasteiger partial charge in [0.15, 0.2) is 0 Å². The molecule has 3 heteroatoms. The van der Waals surface area contributed by atoms with Crippen molar-refractivity contribution in [1.29, 1.82) is 0 Å². The molecule has 1 aliphatic rings. The standard InChI is InChI=1S/C9H9NO2/c11-8-3-1-2-7(6-8)10-5-4-9(10)12/h1-3,6,11H,4-5H2. The first-order valence-corrected chi connectivity index (χ1v) is 3.87. The summed E-state index contributed by atoms with van der Waals surface area (Å²) >= 11 is 0.